The first-order valence-electron chi connectivity index (χ1n) is 10.8. The number of thiazole rings is 1. The van der Waals surface area contributed by atoms with Crippen LogP contribution >= 0.6 is 11.3 Å². The van der Waals surface area contributed by atoms with Gasteiger partial charge in [-0.25, -0.2) is 9.88 Å². The number of aromatic nitrogens is 1. The number of hydrogen-bond donors (Lipinski definition) is 0. The van der Waals surface area contributed by atoms with Crippen molar-refractivity contribution in [1.82, 2.24) is 4.98 Å². The Labute approximate surface area is 191 Å². The van der Waals surface area contributed by atoms with Crippen LogP contribution in [0.1, 0.15) is 48.8 Å². The van der Waals surface area contributed by atoms with E-state index in [0.29, 0.717) is 29.0 Å². The quantitative estimate of drug-likeness (QED) is 0.401. The first kappa shape index (κ1) is 20.8. The highest BCUT2D eigenvalue weighted by Crippen LogP contribution is 2.60. The van der Waals surface area contributed by atoms with Crippen LogP contribution in [0.15, 0.2) is 60.7 Å². The van der Waals surface area contributed by atoms with Crippen molar-refractivity contribution >= 4 is 34.1 Å². The van der Waals surface area contributed by atoms with E-state index in [1.807, 2.05) is 69.3 Å². The summed E-state index contributed by atoms with van der Waals surface area (Å²) in [7, 11) is 0. The van der Waals surface area contributed by atoms with E-state index >= 15 is 0 Å². The Hall–Kier alpha value is -3.12. The van der Waals surface area contributed by atoms with Crippen LogP contribution in [0.4, 0.5) is 5.13 Å². The standard InChI is InChI=1S/C26H24N2O3S/c1-25(2)18-14-15-26(25,3)23(31)28(22(18)30)24-27-19(16-10-6-4-7-11-16)21(32-24)20(29)17-12-8-5-9-13-17/h4-13,18H,14-15H2,1-3H3/t18-,26-/m0/s1. The molecule has 0 N–H and O–H groups in total. The zero-order valence-electron chi connectivity index (χ0n) is 18.3. The van der Waals surface area contributed by atoms with Gasteiger partial charge in [0.1, 0.15) is 4.88 Å². The zero-order valence-corrected chi connectivity index (χ0v) is 19.1. The van der Waals surface area contributed by atoms with Gasteiger partial charge in [-0.15, -0.1) is 0 Å². The molecule has 2 aliphatic rings. The number of piperidine rings is 1. The largest absolute Gasteiger partial charge is 0.288 e. The third-order valence-corrected chi connectivity index (χ3v) is 8.56. The Morgan fingerprint density at radius 3 is 2.28 bits per heavy atom. The molecule has 2 fully saturated rings. The van der Waals surface area contributed by atoms with E-state index in [4.69, 9.17) is 4.98 Å². The van der Waals surface area contributed by atoms with Crippen molar-refractivity contribution in [3.8, 4) is 11.3 Å². The van der Waals surface area contributed by atoms with Gasteiger partial charge < -0.3 is 0 Å². The number of nitrogens with zero attached hydrogens (tertiary/aromatic N) is 2. The summed E-state index contributed by atoms with van der Waals surface area (Å²) in [6, 6.07) is 18.4. The minimum Gasteiger partial charge on any atom is -0.288 e. The van der Waals surface area contributed by atoms with Crippen LogP contribution in [0.3, 0.4) is 0 Å². The second-order valence-corrected chi connectivity index (χ2v) is 10.3. The van der Waals surface area contributed by atoms with Crippen molar-refractivity contribution in [3.05, 3.63) is 71.1 Å². The van der Waals surface area contributed by atoms with Gasteiger partial charge in [0, 0.05) is 17.0 Å². The molecule has 2 aromatic carbocycles. The van der Waals surface area contributed by atoms with Gasteiger partial charge in [-0.3, -0.25) is 14.4 Å². The number of rotatable bonds is 4. The second-order valence-electron chi connectivity index (χ2n) is 9.36. The van der Waals surface area contributed by atoms with E-state index in [0.717, 1.165) is 16.9 Å². The molecule has 2 bridgehead atoms. The lowest BCUT2D eigenvalue weighted by molar-refractivity contribution is -0.146. The first-order chi connectivity index (χ1) is 15.3. The number of carbonyl (C=O) groups excluding carboxylic acids is 3. The van der Waals surface area contributed by atoms with Crippen molar-refractivity contribution in [2.75, 3.05) is 4.90 Å². The number of amides is 2. The van der Waals surface area contributed by atoms with Gasteiger partial charge in [0.15, 0.2) is 5.13 Å². The molecule has 32 heavy (non-hydrogen) atoms. The van der Waals surface area contributed by atoms with Crippen molar-refractivity contribution < 1.29 is 14.4 Å². The molecule has 162 valence electrons. The average Bonchev–Trinajstić information content (AvgIpc) is 3.30. The fraction of sp³-hybridized carbons (Fsp3) is 0.308. The van der Waals surface area contributed by atoms with E-state index in [9.17, 15) is 14.4 Å². The molecule has 1 aromatic heterocycles. The van der Waals surface area contributed by atoms with E-state index < -0.39 is 10.8 Å². The number of benzene rings is 2. The molecule has 1 aliphatic carbocycles. The smallest absolute Gasteiger partial charge is 0.242 e. The fourth-order valence-electron chi connectivity index (χ4n) is 5.07. The second kappa shape index (κ2) is 7.20. The van der Waals surface area contributed by atoms with Gasteiger partial charge in [-0.2, -0.15) is 0 Å². The van der Waals surface area contributed by atoms with Crippen LogP contribution in [0, 0.1) is 16.7 Å². The molecule has 2 atom stereocenters. The molecule has 2 amide bonds. The van der Waals surface area contributed by atoms with Crippen LogP contribution in [0.5, 0.6) is 0 Å². The van der Waals surface area contributed by atoms with Gasteiger partial charge in [0.2, 0.25) is 17.6 Å². The molecule has 1 saturated heterocycles. The van der Waals surface area contributed by atoms with Crippen molar-refractivity contribution in [2.45, 2.75) is 33.6 Å². The third-order valence-electron chi connectivity index (χ3n) is 7.52. The molecule has 1 saturated carbocycles. The number of imide groups is 1. The summed E-state index contributed by atoms with van der Waals surface area (Å²) in [5.74, 6) is -0.822. The summed E-state index contributed by atoms with van der Waals surface area (Å²) in [5, 5.41) is 0.284. The molecule has 0 radical (unpaired) electrons. The molecule has 0 spiro atoms. The molecule has 0 unspecified atom stereocenters. The molecule has 6 heteroatoms. The van der Waals surface area contributed by atoms with E-state index in [-0.39, 0.29) is 28.6 Å². The molecule has 3 aromatic rings. The Morgan fingerprint density at radius 2 is 1.62 bits per heavy atom. The lowest BCUT2D eigenvalue weighted by Crippen LogP contribution is -2.59. The van der Waals surface area contributed by atoms with Crippen LogP contribution < -0.4 is 4.90 Å². The van der Waals surface area contributed by atoms with Crippen molar-refractivity contribution in [2.24, 2.45) is 16.7 Å². The summed E-state index contributed by atoms with van der Waals surface area (Å²) in [6.45, 7) is 5.98. The highest BCUT2D eigenvalue weighted by Gasteiger charge is 2.65. The maximum atomic E-state index is 13.6. The lowest BCUT2D eigenvalue weighted by Gasteiger charge is -2.46. The van der Waals surface area contributed by atoms with Gasteiger partial charge in [0.05, 0.1) is 11.1 Å². The summed E-state index contributed by atoms with van der Waals surface area (Å²) in [4.78, 5) is 46.8. The van der Waals surface area contributed by atoms with Gasteiger partial charge >= 0.3 is 0 Å². The summed E-state index contributed by atoms with van der Waals surface area (Å²) < 4.78 is 0. The van der Waals surface area contributed by atoms with Gasteiger partial charge in [-0.1, -0.05) is 92.8 Å². The van der Waals surface area contributed by atoms with Crippen LogP contribution in [-0.2, 0) is 9.59 Å². The van der Waals surface area contributed by atoms with Crippen LogP contribution in [0.2, 0.25) is 0 Å². The van der Waals surface area contributed by atoms with E-state index in [2.05, 4.69) is 0 Å². The van der Waals surface area contributed by atoms with E-state index in [1.165, 1.54) is 4.90 Å². The van der Waals surface area contributed by atoms with Crippen LogP contribution in [-0.4, -0.2) is 22.6 Å². The monoisotopic (exact) mass is 444 g/mol. The average molecular weight is 445 g/mol. The first-order valence-corrected chi connectivity index (χ1v) is 11.6. The fourth-order valence-corrected chi connectivity index (χ4v) is 6.12. The maximum absolute atomic E-state index is 13.6. The minimum absolute atomic E-state index is 0.167. The minimum atomic E-state index is -0.631. The van der Waals surface area contributed by atoms with Crippen LogP contribution in [0.25, 0.3) is 11.3 Å². The summed E-state index contributed by atoms with van der Waals surface area (Å²) in [6.07, 6.45) is 1.37. The zero-order chi connectivity index (χ0) is 22.7. The SMILES string of the molecule is CC1(C)[C@H]2CC[C@@]1(C)C(=O)N(c1nc(-c3ccccc3)c(C(=O)c3ccccc3)s1)C2=O. The normalized spacial score (nSPS) is 24.1. The highest BCUT2D eigenvalue weighted by molar-refractivity contribution is 7.18. The topological polar surface area (TPSA) is 67.3 Å². The highest BCUT2D eigenvalue weighted by atomic mass is 32.1. The number of anilines is 1. The summed E-state index contributed by atoms with van der Waals surface area (Å²) >= 11 is 1.13. The number of fused-ring (bicyclic) bond motifs is 2. The number of hydrogen-bond acceptors (Lipinski definition) is 5. The van der Waals surface area contributed by atoms with Crippen molar-refractivity contribution in [1.29, 1.82) is 0 Å². The number of ketones is 1. The Bertz CT molecular complexity index is 1230. The Kier molecular flexibility index (Phi) is 4.67. The third kappa shape index (κ3) is 2.82. The predicted octanol–water partition coefficient (Wildman–Crippen LogP) is 5.36. The Balaban J connectivity index is 1.65. The van der Waals surface area contributed by atoms with Gasteiger partial charge in [-0.05, 0) is 18.3 Å². The molecule has 1 aliphatic heterocycles. The van der Waals surface area contributed by atoms with Crippen molar-refractivity contribution in [3.63, 3.8) is 0 Å². The van der Waals surface area contributed by atoms with E-state index in [1.54, 1.807) is 12.1 Å². The Morgan fingerprint density at radius 1 is 1.00 bits per heavy atom. The molecule has 2 heterocycles. The number of carbonyl (C=O) groups is 3. The maximum Gasteiger partial charge on any atom is 0.242 e. The summed E-state index contributed by atoms with van der Waals surface area (Å²) in [5.41, 5.74) is 0.792. The van der Waals surface area contributed by atoms with Gasteiger partial charge in [0.25, 0.3) is 0 Å². The predicted molar refractivity (Wildman–Crippen MR) is 125 cm³/mol. The molecular formula is C26H24N2O3S. The molecule has 5 rings (SSSR count). The molecular weight excluding hydrogens is 420 g/mol. The lowest BCUT2D eigenvalue weighted by atomic mass is 9.62. The molecule has 5 nitrogen and oxygen atoms in total.